The molecule has 2 aliphatic heterocycles. The number of hydrogen-bond donors (Lipinski definition) is 1. The Morgan fingerprint density at radius 3 is 2.15 bits per heavy atom. The monoisotopic (exact) mass is 464 g/mol. The maximum absolute atomic E-state index is 13.0. The van der Waals surface area contributed by atoms with E-state index in [9.17, 15) is 14.7 Å². The van der Waals surface area contributed by atoms with Crippen LogP contribution in [0.1, 0.15) is 37.8 Å². The Labute approximate surface area is 200 Å². The lowest BCUT2D eigenvalue weighted by atomic mass is 9.95. The van der Waals surface area contributed by atoms with Crippen molar-refractivity contribution in [3.63, 3.8) is 0 Å². The lowest BCUT2D eigenvalue weighted by Gasteiger charge is -2.30. The molecule has 3 aliphatic rings. The molecule has 180 valence electrons. The van der Waals surface area contributed by atoms with Gasteiger partial charge in [-0.05, 0) is 43.0 Å². The first kappa shape index (κ1) is 22.7. The molecule has 0 aromatic heterocycles. The Hall–Kier alpha value is -3.06. The number of nitrogens with zero attached hydrogens (tertiary/aromatic N) is 2. The first-order valence-electron chi connectivity index (χ1n) is 12.0. The summed E-state index contributed by atoms with van der Waals surface area (Å²) in [5.74, 6) is 0.134. The molecular formula is C27H32N2O5. The molecule has 2 fully saturated rings. The van der Waals surface area contributed by atoms with Crippen molar-refractivity contribution < 1.29 is 24.2 Å². The number of carbonyl (C=O) groups excluding carboxylic acids is 2. The Morgan fingerprint density at radius 2 is 1.56 bits per heavy atom. The Kier molecular flexibility index (Phi) is 5.76. The maximum atomic E-state index is 13.0. The number of aliphatic hydroxyl groups excluding tert-OH is 1. The van der Waals surface area contributed by atoms with E-state index in [0.29, 0.717) is 19.6 Å². The highest BCUT2D eigenvalue weighted by atomic mass is 16.6. The van der Waals surface area contributed by atoms with Gasteiger partial charge in [0.15, 0.2) is 0 Å². The molecule has 0 spiro atoms. The van der Waals surface area contributed by atoms with E-state index in [0.717, 1.165) is 0 Å². The molecule has 1 N–H and O–H groups in total. The SMILES string of the molecule is CC(C)(C)OC(=O)N1CC2CN(C(=O)OCC3c4ccccc4-c4ccccc43)CC2C1CO. The molecule has 34 heavy (non-hydrogen) atoms. The molecule has 2 aromatic rings. The van der Waals surface area contributed by atoms with Crippen molar-refractivity contribution in [2.24, 2.45) is 11.8 Å². The summed E-state index contributed by atoms with van der Waals surface area (Å²) in [6.45, 7) is 7.06. The smallest absolute Gasteiger partial charge is 0.410 e. The minimum absolute atomic E-state index is 0.0120. The third kappa shape index (κ3) is 4.02. The zero-order chi connectivity index (χ0) is 24.0. The summed E-state index contributed by atoms with van der Waals surface area (Å²) in [5, 5.41) is 10.0. The van der Waals surface area contributed by atoms with Crippen LogP contribution in [0.3, 0.4) is 0 Å². The lowest BCUT2D eigenvalue weighted by Crippen LogP contribution is -2.45. The van der Waals surface area contributed by atoms with Crippen LogP contribution in [-0.4, -0.2) is 71.6 Å². The zero-order valence-corrected chi connectivity index (χ0v) is 19.9. The van der Waals surface area contributed by atoms with Gasteiger partial charge in [-0.25, -0.2) is 9.59 Å². The van der Waals surface area contributed by atoms with E-state index in [1.54, 1.807) is 9.80 Å². The van der Waals surface area contributed by atoms with Crippen LogP contribution in [0.4, 0.5) is 9.59 Å². The maximum Gasteiger partial charge on any atom is 0.410 e. The second-order valence-corrected chi connectivity index (χ2v) is 10.5. The highest BCUT2D eigenvalue weighted by molar-refractivity contribution is 5.79. The number of likely N-dealkylation sites (tertiary alicyclic amines) is 2. The second-order valence-electron chi connectivity index (χ2n) is 10.5. The molecule has 1 aliphatic carbocycles. The van der Waals surface area contributed by atoms with Crippen LogP contribution in [-0.2, 0) is 9.47 Å². The predicted molar refractivity (Wildman–Crippen MR) is 127 cm³/mol. The summed E-state index contributed by atoms with van der Waals surface area (Å²) in [6.07, 6.45) is -0.745. The topological polar surface area (TPSA) is 79.3 Å². The summed E-state index contributed by atoms with van der Waals surface area (Å²) < 4.78 is 11.3. The molecule has 2 aromatic carbocycles. The van der Waals surface area contributed by atoms with Crippen LogP contribution in [0.2, 0.25) is 0 Å². The molecule has 0 saturated carbocycles. The summed E-state index contributed by atoms with van der Waals surface area (Å²) in [6, 6.07) is 16.2. The molecular weight excluding hydrogens is 432 g/mol. The molecule has 3 atom stereocenters. The van der Waals surface area contributed by atoms with Crippen LogP contribution < -0.4 is 0 Å². The van der Waals surface area contributed by atoms with Gasteiger partial charge in [0.25, 0.3) is 0 Å². The van der Waals surface area contributed by atoms with Gasteiger partial charge in [0.2, 0.25) is 0 Å². The number of hydrogen-bond acceptors (Lipinski definition) is 5. The minimum Gasteiger partial charge on any atom is -0.448 e. The average Bonchev–Trinajstić information content (AvgIpc) is 3.45. The van der Waals surface area contributed by atoms with Gasteiger partial charge in [-0.3, -0.25) is 0 Å². The number of amides is 2. The Bertz CT molecular complexity index is 1050. The van der Waals surface area contributed by atoms with Crippen molar-refractivity contribution >= 4 is 12.2 Å². The van der Waals surface area contributed by atoms with Crippen molar-refractivity contribution in [3.8, 4) is 11.1 Å². The summed E-state index contributed by atoms with van der Waals surface area (Å²) in [7, 11) is 0. The van der Waals surface area contributed by atoms with Crippen LogP contribution in [0.5, 0.6) is 0 Å². The molecule has 3 unspecified atom stereocenters. The van der Waals surface area contributed by atoms with Gasteiger partial charge < -0.3 is 24.4 Å². The zero-order valence-electron chi connectivity index (χ0n) is 19.9. The molecule has 2 amide bonds. The van der Waals surface area contributed by atoms with E-state index < -0.39 is 11.7 Å². The third-order valence-electron chi connectivity index (χ3n) is 7.23. The van der Waals surface area contributed by atoms with Crippen LogP contribution in [0.25, 0.3) is 11.1 Å². The molecule has 7 heteroatoms. The summed E-state index contributed by atoms with van der Waals surface area (Å²) in [5.41, 5.74) is 4.17. The number of ether oxygens (including phenoxy) is 2. The van der Waals surface area contributed by atoms with Crippen molar-refractivity contribution in [3.05, 3.63) is 59.7 Å². The van der Waals surface area contributed by atoms with Gasteiger partial charge in [-0.15, -0.1) is 0 Å². The minimum atomic E-state index is -0.595. The first-order valence-corrected chi connectivity index (χ1v) is 12.0. The molecule has 2 saturated heterocycles. The van der Waals surface area contributed by atoms with Gasteiger partial charge in [-0.1, -0.05) is 48.5 Å². The third-order valence-corrected chi connectivity index (χ3v) is 7.23. The van der Waals surface area contributed by atoms with E-state index in [1.807, 2.05) is 45.0 Å². The van der Waals surface area contributed by atoms with E-state index in [4.69, 9.17) is 9.47 Å². The standard InChI is InChI=1S/C27H32N2O5/c1-27(2,3)34-26(32)29-13-17-12-28(14-22(17)24(29)15-30)25(31)33-16-23-20-10-6-4-8-18(20)19-9-5-7-11-21(19)23/h4-11,17,22-24,30H,12-16H2,1-3H3. The molecule has 7 nitrogen and oxygen atoms in total. The van der Waals surface area contributed by atoms with Crippen molar-refractivity contribution in [1.82, 2.24) is 9.80 Å². The highest BCUT2D eigenvalue weighted by Crippen LogP contribution is 2.44. The Morgan fingerprint density at radius 1 is 0.941 bits per heavy atom. The first-order chi connectivity index (χ1) is 16.3. The van der Waals surface area contributed by atoms with E-state index in [1.165, 1.54) is 22.3 Å². The van der Waals surface area contributed by atoms with Crippen LogP contribution >= 0.6 is 0 Å². The second kappa shape index (κ2) is 8.62. The number of benzene rings is 2. The fraction of sp³-hybridized carbons (Fsp3) is 0.481. The van der Waals surface area contributed by atoms with Gasteiger partial charge in [0, 0.05) is 37.4 Å². The molecule has 0 bridgehead atoms. The predicted octanol–water partition coefficient (Wildman–Crippen LogP) is 4.10. The number of fused-ring (bicyclic) bond motifs is 4. The van der Waals surface area contributed by atoms with E-state index in [-0.39, 0.29) is 43.1 Å². The van der Waals surface area contributed by atoms with Gasteiger partial charge in [0.05, 0.1) is 12.6 Å². The summed E-state index contributed by atoms with van der Waals surface area (Å²) in [4.78, 5) is 28.9. The number of carbonyl (C=O) groups is 2. The van der Waals surface area contributed by atoms with E-state index in [2.05, 4.69) is 24.3 Å². The molecule has 2 heterocycles. The van der Waals surface area contributed by atoms with Gasteiger partial charge in [0.1, 0.15) is 12.2 Å². The quantitative estimate of drug-likeness (QED) is 0.740. The van der Waals surface area contributed by atoms with Gasteiger partial charge in [-0.2, -0.15) is 0 Å². The normalized spacial score (nSPS) is 23.5. The van der Waals surface area contributed by atoms with Crippen LogP contribution in [0, 0.1) is 11.8 Å². The van der Waals surface area contributed by atoms with Crippen molar-refractivity contribution in [1.29, 1.82) is 0 Å². The Balaban J connectivity index is 1.23. The fourth-order valence-corrected chi connectivity index (χ4v) is 5.74. The average molecular weight is 465 g/mol. The fourth-order valence-electron chi connectivity index (χ4n) is 5.74. The molecule has 0 radical (unpaired) electrons. The van der Waals surface area contributed by atoms with Crippen molar-refractivity contribution in [2.45, 2.75) is 38.3 Å². The largest absolute Gasteiger partial charge is 0.448 e. The number of aliphatic hydroxyl groups is 1. The van der Waals surface area contributed by atoms with Crippen LogP contribution in [0.15, 0.2) is 48.5 Å². The summed E-state index contributed by atoms with van der Waals surface area (Å²) >= 11 is 0. The lowest BCUT2D eigenvalue weighted by molar-refractivity contribution is 0.0130. The number of rotatable bonds is 3. The van der Waals surface area contributed by atoms with E-state index >= 15 is 0 Å². The van der Waals surface area contributed by atoms with Crippen molar-refractivity contribution in [2.75, 3.05) is 32.8 Å². The molecule has 5 rings (SSSR count). The highest BCUT2D eigenvalue weighted by Gasteiger charge is 2.50. The van der Waals surface area contributed by atoms with Gasteiger partial charge >= 0.3 is 12.2 Å².